The lowest BCUT2D eigenvalue weighted by atomic mass is 10.0. The van der Waals surface area contributed by atoms with E-state index in [0.717, 1.165) is 89.3 Å². The van der Waals surface area contributed by atoms with E-state index in [9.17, 15) is 28.0 Å². The Morgan fingerprint density at radius 1 is 0.968 bits per heavy atom. The molecular weight excluding hydrogens is 832 g/mol. The zero-order chi connectivity index (χ0) is 44.2. The van der Waals surface area contributed by atoms with Gasteiger partial charge in [0, 0.05) is 68.2 Å². The van der Waals surface area contributed by atoms with E-state index < -0.39 is 28.7 Å². The smallest absolute Gasteiger partial charge is 0.356 e. The number of halogens is 3. The zero-order valence-electron chi connectivity index (χ0n) is 34.4. The summed E-state index contributed by atoms with van der Waals surface area (Å²) in [7, 11) is 0. The number of nitrogens with one attached hydrogen (secondary N) is 1. The lowest BCUT2D eigenvalue weighted by Crippen LogP contribution is -2.47. The van der Waals surface area contributed by atoms with Crippen LogP contribution in [0.25, 0.3) is 10.4 Å². The first-order valence-corrected chi connectivity index (χ1v) is 21.3. The maximum Gasteiger partial charge on any atom is 0.417 e. The molecule has 2 aliphatic heterocycles. The second kappa shape index (κ2) is 18.4. The van der Waals surface area contributed by atoms with Gasteiger partial charge in [-0.05, 0) is 112 Å². The van der Waals surface area contributed by atoms with E-state index in [1.165, 1.54) is 6.07 Å². The highest BCUT2D eigenvalue weighted by Gasteiger charge is 2.50. The number of thiazole rings is 1. The van der Waals surface area contributed by atoms with Crippen LogP contribution < -0.4 is 25.8 Å². The predicted octanol–water partition coefficient (Wildman–Crippen LogP) is 7.44. The van der Waals surface area contributed by atoms with Crippen LogP contribution in [-0.2, 0) is 15.8 Å². The number of nitrogens with zero attached hydrogens (tertiary/aromatic N) is 7. The second-order valence-electron chi connectivity index (χ2n) is 15.6. The molecule has 0 saturated carbocycles. The van der Waals surface area contributed by atoms with E-state index in [2.05, 4.69) is 36.9 Å². The average Bonchev–Trinajstić information content (AvgIpc) is 3.77. The Bertz CT molecular complexity index is 2550. The molecule has 1 atom stereocenters. The summed E-state index contributed by atoms with van der Waals surface area (Å²) in [5, 5.41) is 12.2. The molecule has 5 aromatic rings. The molecule has 16 heteroatoms. The molecule has 11 nitrogen and oxygen atoms in total. The fourth-order valence-electron chi connectivity index (χ4n) is 7.53. The van der Waals surface area contributed by atoms with Crippen molar-refractivity contribution in [1.82, 2.24) is 20.2 Å². The predicted molar refractivity (Wildman–Crippen MR) is 240 cm³/mol. The number of anilines is 3. The Labute approximate surface area is 368 Å². The molecule has 2 aromatic heterocycles. The number of nitrogens with two attached hydrogens (primary N) is 1. The van der Waals surface area contributed by atoms with Crippen molar-refractivity contribution in [2.24, 2.45) is 5.73 Å². The summed E-state index contributed by atoms with van der Waals surface area (Å²) in [6.07, 6.45) is -1.97. The summed E-state index contributed by atoms with van der Waals surface area (Å²) in [5.41, 5.74) is 10.3. The highest BCUT2D eigenvalue weighted by molar-refractivity contribution is 7.81. The Morgan fingerprint density at radius 3 is 2.27 bits per heavy atom. The summed E-state index contributed by atoms with van der Waals surface area (Å²) in [6, 6.07) is 23.3. The number of pyridine rings is 1. The minimum Gasteiger partial charge on any atom is -0.356 e. The average molecular weight is 876 g/mol. The first-order chi connectivity index (χ1) is 29.6. The van der Waals surface area contributed by atoms with Gasteiger partial charge in [0.05, 0.1) is 39.0 Å². The van der Waals surface area contributed by atoms with E-state index in [1.54, 1.807) is 66.6 Å². The van der Waals surface area contributed by atoms with Gasteiger partial charge in [-0.2, -0.15) is 18.4 Å². The van der Waals surface area contributed by atoms with Crippen molar-refractivity contribution in [1.29, 1.82) is 5.26 Å². The molecule has 318 valence electrons. The van der Waals surface area contributed by atoms with Gasteiger partial charge in [-0.15, -0.1) is 11.3 Å². The van der Waals surface area contributed by atoms with E-state index in [4.69, 9.17) is 18.0 Å². The van der Waals surface area contributed by atoms with Gasteiger partial charge in [-0.1, -0.05) is 36.1 Å². The van der Waals surface area contributed by atoms with Crippen molar-refractivity contribution < 1.29 is 22.8 Å². The highest BCUT2D eigenvalue weighted by atomic mass is 32.1. The Balaban J connectivity index is 0.856. The van der Waals surface area contributed by atoms with E-state index in [0.29, 0.717) is 17.8 Å². The van der Waals surface area contributed by atoms with Crippen molar-refractivity contribution in [2.75, 3.05) is 54.0 Å². The Hall–Kier alpha value is -6.17. The number of carbonyl (C=O) groups excluding carboxylic acids is 2. The first-order valence-electron chi connectivity index (χ1n) is 20.0. The molecule has 2 amide bonds. The number of hydrogen-bond donors (Lipinski definition) is 2. The third-order valence-electron chi connectivity index (χ3n) is 11.0. The summed E-state index contributed by atoms with van der Waals surface area (Å²) in [6.45, 7) is 10.2. The highest BCUT2D eigenvalue weighted by Crippen LogP contribution is 2.40. The number of aromatic nitrogens is 2. The lowest BCUT2D eigenvalue weighted by molar-refractivity contribution is -0.137. The number of nitriles is 1. The molecule has 7 rings (SSSR count). The molecule has 0 unspecified atom stereocenters. The van der Waals surface area contributed by atoms with Crippen LogP contribution in [0.3, 0.4) is 0 Å². The van der Waals surface area contributed by atoms with Crippen LogP contribution in [0.2, 0.25) is 0 Å². The van der Waals surface area contributed by atoms with Crippen LogP contribution in [0, 0.1) is 30.1 Å². The van der Waals surface area contributed by atoms with Gasteiger partial charge in [0.15, 0.2) is 5.11 Å². The summed E-state index contributed by atoms with van der Waals surface area (Å²) < 4.78 is 41.2. The molecule has 2 aliphatic rings. The third kappa shape index (κ3) is 9.64. The fourth-order valence-corrected chi connectivity index (χ4v) is 8.86. The zero-order valence-corrected chi connectivity index (χ0v) is 36.0. The van der Waals surface area contributed by atoms with Crippen LogP contribution >= 0.6 is 23.6 Å². The first kappa shape index (κ1) is 43.9. The minimum absolute atomic E-state index is 0.0174. The van der Waals surface area contributed by atoms with Gasteiger partial charge in [0.1, 0.15) is 11.4 Å². The standard InChI is InChI=1S/C46H44F3N9O2S2/c1-30-42(62-29-54-30)34-12-10-33(11-13-34)39(51)26-41(59)52-19-4-20-55-21-23-56(24-22-55)40-18-9-32(28-53-40)6-5-31-7-15-36(16-8-31)58-44(61)57(43(60)45(58,2)3)37-17-14-35(27-50)38(25-37)46(47,48)49/h7-18,25,28-29,39H,4,19-24,26,51H2,1-3H3,(H,52,59)/t39-/m0/s1. The number of aryl methyl sites for hydroxylation is 1. The van der Waals surface area contributed by atoms with Crippen molar-refractivity contribution in [3.05, 3.63) is 124 Å². The molecule has 3 aromatic carbocycles. The fraction of sp³-hybridized carbons (Fsp3) is 0.304. The number of carbonyl (C=O) groups is 2. The quantitative estimate of drug-likeness (QED) is 0.0784. The van der Waals surface area contributed by atoms with Crippen molar-refractivity contribution in [3.63, 3.8) is 0 Å². The van der Waals surface area contributed by atoms with Crippen LogP contribution in [0.15, 0.2) is 90.6 Å². The molecule has 0 bridgehead atoms. The molecule has 2 saturated heterocycles. The summed E-state index contributed by atoms with van der Waals surface area (Å²) in [4.78, 5) is 43.6. The Morgan fingerprint density at radius 2 is 1.65 bits per heavy atom. The maximum atomic E-state index is 13.7. The second-order valence-corrected chi connectivity index (χ2v) is 16.8. The van der Waals surface area contributed by atoms with Gasteiger partial charge >= 0.3 is 6.18 Å². The normalized spacial score (nSPS) is 15.9. The third-order valence-corrected chi connectivity index (χ3v) is 12.3. The molecule has 0 radical (unpaired) electrons. The minimum atomic E-state index is -4.79. The molecule has 0 spiro atoms. The van der Waals surface area contributed by atoms with Crippen LogP contribution in [0.5, 0.6) is 0 Å². The molecular formula is C46H44F3N9O2S2. The van der Waals surface area contributed by atoms with Crippen molar-refractivity contribution >= 4 is 57.7 Å². The molecule has 3 N–H and O–H groups in total. The number of alkyl halides is 3. The number of amides is 2. The van der Waals surface area contributed by atoms with Gasteiger partial charge in [-0.3, -0.25) is 19.4 Å². The lowest BCUT2D eigenvalue weighted by Gasteiger charge is -2.35. The Kier molecular flexibility index (Phi) is 13.1. The van der Waals surface area contributed by atoms with E-state index >= 15 is 0 Å². The SMILES string of the molecule is Cc1ncsc1-c1ccc([C@@H](N)CC(=O)NCCCN2CCN(c3ccc(C#Cc4ccc(N5C(=S)N(c6ccc(C#N)c(C(F)(F)F)c6)C(=O)C5(C)C)cc4)cn3)CC2)cc1. The molecule has 62 heavy (non-hydrogen) atoms. The van der Waals surface area contributed by atoms with E-state index in [1.807, 2.05) is 48.8 Å². The van der Waals surface area contributed by atoms with Crippen molar-refractivity contribution in [2.45, 2.75) is 51.4 Å². The van der Waals surface area contributed by atoms with Crippen molar-refractivity contribution in [3.8, 4) is 28.4 Å². The monoisotopic (exact) mass is 875 g/mol. The summed E-state index contributed by atoms with van der Waals surface area (Å²) in [5.74, 6) is 6.60. The number of piperazine rings is 1. The topological polar surface area (TPSA) is 135 Å². The number of benzene rings is 3. The van der Waals surface area contributed by atoms with Gasteiger partial charge in [0.25, 0.3) is 5.91 Å². The van der Waals surface area contributed by atoms with Crippen LogP contribution in [0.4, 0.5) is 30.4 Å². The van der Waals surface area contributed by atoms with E-state index in [-0.39, 0.29) is 29.2 Å². The molecule has 4 heterocycles. The molecule has 2 fully saturated rings. The summed E-state index contributed by atoms with van der Waals surface area (Å²) >= 11 is 7.26. The number of hydrogen-bond acceptors (Lipinski definition) is 10. The van der Waals surface area contributed by atoms with Crippen LogP contribution in [0.1, 0.15) is 66.2 Å². The number of rotatable bonds is 11. The maximum absolute atomic E-state index is 13.7. The molecule has 0 aliphatic carbocycles. The van der Waals surface area contributed by atoms with Gasteiger partial charge in [-0.25, -0.2) is 9.97 Å². The van der Waals surface area contributed by atoms with Crippen LogP contribution in [-0.4, -0.2) is 76.6 Å². The van der Waals surface area contributed by atoms with Gasteiger partial charge in [0.2, 0.25) is 5.91 Å². The van der Waals surface area contributed by atoms with Gasteiger partial charge < -0.3 is 20.9 Å². The largest absolute Gasteiger partial charge is 0.417 e. The number of thiocarbonyl (C=S) groups is 1.